The Hall–Kier alpha value is -4.57. The number of rotatable bonds is 5. The summed E-state index contributed by atoms with van der Waals surface area (Å²) in [6, 6.07) is 18.1. The summed E-state index contributed by atoms with van der Waals surface area (Å²) in [5, 5.41) is 7.51. The molecule has 1 atom stereocenters. The van der Waals surface area contributed by atoms with Gasteiger partial charge < -0.3 is 16.4 Å². The maximum absolute atomic E-state index is 14.6. The number of anilines is 4. The van der Waals surface area contributed by atoms with Crippen molar-refractivity contribution in [3.8, 4) is 11.3 Å². The molecule has 1 saturated heterocycles. The molecule has 0 aliphatic carbocycles. The molecule has 182 valence electrons. The molecule has 9 nitrogen and oxygen atoms in total. The Kier molecular flexibility index (Phi) is 6.42. The SMILES string of the molecule is Cc1ccc(NC(=O)N2OCC[C@@H]2c2ccccc2)cc1Nc1ncccc1-c1ncnc(N)c1F. The van der Waals surface area contributed by atoms with Crippen LogP contribution >= 0.6 is 0 Å². The number of carbonyl (C=O) groups is 1. The Morgan fingerprint density at radius 3 is 2.78 bits per heavy atom. The molecule has 1 fully saturated rings. The van der Waals surface area contributed by atoms with Crippen LogP contribution in [0.15, 0.2) is 73.2 Å². The minimum Gasteiger partial charge on any atom is -0.381 e. The Labute approximate surface area is 207 Å². The first-order valence-corrected chi connectivity index (χ1v) is 11.4. The number of benzene rings is 2. The van der Waals surface area contributed by atoms with Crippen molar-refractivity contribution in [3.63, 3.8) is 0 Å². The van der Waals surface area contributed by atoms with E-state index in [9.17, 15) is 9.18 Å². The van der Waals surface area contributed by atoms with Crippen LogP contribution in [0.5, 0.6) is 0 Å². The number of amides is 2. The minimum atomic E-state index is -0.718. The molecule has 0 spiro atoms. The number of nitrogen functional groups attached to an aromatic ring is 1. The third kappa shape index (κ3) is 4.66. The highest BCUT2D eigenvalue weighted by Crippen LogP contribution is 2.33. The summed E-state index contributed by atoms with van der Waals surface area (Å²) < 4.78 is 14.6. The van der Waals surface area contributed by atoms with E-state index in [-0.39, 0.29) is 23.6 Å². The molecule has 2 amide bonds. The van der Waals surface area contributed by atoms with E-state index in [1.54, 1.807) is 30.5 Å². The largest absolute Gasteiger partial charge is 0.381 e. The number of pyridine rings is 1. The molecule has 0 radical (unpaired) electrons. The second kappa shape index (κ2) is 9.96. The zero-order valence-corrected chi connectivity index (χ0v) is 19.5. The van der Waals surface area contributed by atoms with Crippen molar-refractivity contribution in [2.45, 2.75) is 19.4 Å². The summed E-state index contributed by atoms with van der Waals surface area (Å²) in [6.07, 6.45) is 3.50. The number of aryl methyl sites for hydroxylation is 1. The van der Waals surface area contributed by atoms with Gasteiger partial charge in [0, 0.05) is 29.6 Å². The van der Waals surface area contributed by atoms with Gasteiger partial charge in [-0.3, -0.25) is 4.84 Å². The van der Waals surface area contributed by atoms with E-state index < -0.39 is 5.82 Å². The van der Waals surface area contributed by atoms with Crippen molar-refractivity contribution in [1.29, 1.82) is 0 Å². The molecule has 0 bridgehead atoms. The van der Waals surface area contributed by atoms with Gasteiger partial charge in [0.1, 0.15) is 17.8 Å². The predicted molar refractivity (Wildman–Crippen MR) is 135 cm³/mol. The van der Waals surface area contributed by atoms with Crippen LogP contribution in [0.4, 0.5) is 32.2 Å². The minimum absolute atomic E-state index is 0.0401. The lowest BCUT2D eigenvalue weighted by Gasteiger charge is -2.23. The lowest BCUT2D eigenvalue weighted by molar-refractivity contribution is -0.0829. The number of hydrogen-bond acceptors (Lipinski definition) is 7. The van der Waals surface area contributed by atoms with Gasteiger partial charge in [-0.2, -0.15) is 5.06 Å². The highest BCUT2D eigenvalue weighted by atomic mass is 19.1. The molecule has 36 heavy (non-hydrogen) atoms. The van der Waals surface area contributed by atoms with Crippen LogP contribution in [0.2, 0.25) is 0 Å². The number of nitrogens with two attached hydrogens (primary N) is 1. The first kappa shape index (κ1) is 23.2. The van der Waals surface area contributed by atoms with Gasteiger partial charge in [-0.1, -0.05) is 36.4 Å². The van der Waals surface area contributed by atoms with Crippen molar-refractivity contribution in [3.05, 3.63) is 90.1 Å². The molecule has 2 aromatic carbocycles. The van der Waals surface area contributed by atoms with Gasteiger partial charge >= 0.3 is 6.03 Å². The molecular formula is C26H24FN7O2. The van der Waals surface area contributed by atoms with Crippen molar-refractivity contribution in [2.24, 2.45) is 0 Å². The van der Waals surface area contributed by atoms with E-state index in [2.05, 4.69) is 25.6 Å². The Bertz CT molecular complexity index is 1400. The molecule has 0 unspecified atom stereocenters. The number of nitrogens with one attached hydrogen (secondary N) is 2. The van der Waals surface area contributed by atoms with Crippen LogP contribution in [-0.4, -0.2) is 32.7 Å². The number of carbonyl (C=O) groups excluding carboxylic acids is 1. The quantitative estimate of drug-likeness (QED) is 0.355. The van der Waals surface area contributed by atoms with Gasteiger partial charge in [-0.15, -0.1) is 0 Å². The number of hydroxylamine groups is 2. The third-order valence-corrected chi connectivity index (χ3v) is 5.91. The molecule has 5 rings (SSSR count). The van der Waals surface area contributed by atoms with E-state index >= 15 is 0 Å². The number of urea groups is 1. The fraction of sp³-hybridized carbons (Fsp3) is 0.154. The van der Waals surface area contributed by atoms with Gasteiger partial charge in [0.25, 0.3) is 0 Å². The van der Waals surface area contributed by atoms with Crippen LogP contribution in [0, 0.1) is 12.7 Å². The third-order valence-electron chi connectivity index (χ3n) is 5.91. The first-order valence-electron chi connectivity index (χ1n) is 11.4. The van der Waals surface area contributed by atoms with Gasteiger partial charge in [0.2, 0.25) is 0 Å². The maximum Gasteiger partial charge on any atom is 0.346 e. The maximum atomic E-state index is 14.6. The van der Waals surface area contributed by atoms with Crippen LogP contribution in [0.1, 0.15) is 23.6 Å². The second-order valence-electron chi connectivity index (χ2n) is 8.28. The van der Waals surface area contributed by atoms with Crippen molar-refractivity contribution in [2.75, 3.05) is 23.0 Å². The van der Waals surface area contributed by atoms with Gasteiger partial charge in [-0.05, 0) is 42.3 Å². The molecule has 3 heterocycles. The van der Waals surface area contributed by atoms with E-state index in [1.807, 2.05) is 43.3 Å². The fourth-order valence-electron chi connectivity index (χ4n) is 4.06. The summed E-state index contributed by atoms with van der Waals surface area (Å²) in [5.41, 5.74) is 9.24. The molecule has 2 aromatic heterocycles. The predicted octanol–water partition coefficient (Wildman–Crippen LogP) is 5.22. The van der Waals surface area contributed by atoms with Crippen molar-refractivity contribution in [1.82, 2.24) is 20.0 Å². The Morgan fingerprint density at radius 2 is 1.94 bits per heavy atom. The monoisotopic (exact) mass is 485 g/mol. The summed E-state index contributed by atoms with van der Waals surface area (Å²) >= 11 is 0. The number of hydrogen-bond donors (Lipinski definition) is 3. The summed E-state index contributed by atoms with van der Waals surface area (Å²) in [5.74, 6) is -0.577. The number of halogens is 1. The highest BCUT2D eigenvalue weighted by Gasteiger charge is 2.31. The molecule has 4 N–H and O–H groups in total. The average molecular weight is 486 g/mol. The van der Waals surface area contributed by atoms with Gasteiger partial charge in [0.15, 0.2) is 11.6 Å². The summed E-state index contributed by atoms with van der Waals surface area (Å²) in [4.78, 5) is 30.8. The van der Waals surface area contributed by atoms with E-state index in [1.165, 1.54) is 11.4 Å². The van der Waals surface area contributed by atoms with Gasteiger partial charge in [-0.25, -0.2) is 24.1 Å². The molecule has 1 aliphatic rings. The molecular weight excluding hydrogens is 461 g/mol. The Balaban J connectivity index is 1.38. The zero-order valence-electron chi connectivity index (χ0n) is 19.5. The standard InChI is InChI=1S/C26H24FN7O2/c1-16-9-10-18(32-26(35)34-21(11-13-36-34)17-6-3-2-4-7-17)14-20(16)33-25-19(8-5-12-29-25)23-22(27)24(28)31-15-30-23/h2-10,12,14-15,21H,11,13H2,1H3,(H,29,33)(H,32,35)(H2,28,30,31)/t21-/m1/s1. The smallest absolute Gasteiger partial charge is 0.346 e. The topological polar surface area (TPSA) is 118 Å². The summed E-state index contributed by atoms with van der Waals surface area (Å²) in [6.45, 7) is 2.37. The molecule has 1 aliphatic heterocycles. The van der Waals surface area contributed by atoms with Gasteiger partial charge in [0.05, 0.1) is 12.6 Å². The Morgan fingerprint density at radius 1 is 1.11 bits per heavy atom. The van der Waals surface area contributed by atoms with E-state index in [0.29, 0.717) is 35.8 Å². The molecule has 4 aromatic rings. The first-order chi connectivity index (χ1) is 17.5. The lowest BCUT2D eigenvalue weighted by atomic mass is 10.1. The fourth-order valence-corrected chi connectivity index (χ4v) is 4.06. The van der Waals surface area contributed by atoms with Crippen LogP contribution in [0.25, 0.3) is 11.3 Å². The summed E-state index contributed by atoms with van der Waals surface area (Å²) in [7, 11) is 0. The van der Waals surface area contributed by atoms with Crippen LogP contribution < -0.4 is 16.4 Å². The van der Waals surface area contributed by atoms with Crippen molar-refractivity contribution >= 4 is 29.0 Å². The molecule has 0 saturated carbocycles. The lowest BCUT2D eigenvalue weighted by Crippen LogP contribution is -2.33. The van der Waals surface area contributed by atoms with Crippen LogP contribution in [0.3, 0.4) is 0 Å². The van der Waals surface area contributed by atoms with Crippen LogP contribution in [-0.2, 0) is 4.84 Å². The zero-order chi connectivity index (χ0) is 25.1. The van der Waals surface area contributed by atoms with E-state index in [4.69, 9.17) is 10.6 Å². The van der Waals surface area contributed by atoms with E-state index in [0.717, 1.165) is 11.1 Å². The highest BCUT2D eigenvalue weighted by molar-refractivity contribution is 5.90. The normalized spacial score (nSPS) is 15.1. The number of aromatic nitrogens is 3. The average Bonchev–Trinajstić information content (AvgIpc) is 3.39. The number of nitrogens with zero attached hydrogens (tertiary/aromatic N) is 4. The molecule has 10 heteroatoms. The second-order valence-corrected chi connectivity index (χ2v) is 8.28. The van der Waals surface area contributed by atoms with Crippen molar-refractivity contribution < 1.29 is 14.0 Å².